The van der Waals surface area contributed by atoms with E-state index in [-0.39, 0.29) is 4.90 Å². The molecule has 0 aliphatic heterocycles. The lowest BCUT2D eigenvalue weighted by atomic mass is 10.2. The molecule has 0 saturated carbocycles. The van der Waals surface area contributed by atoms with Crippen molar-refractivity contribution >= 4 is 10.0 Å². The second-order valence-electron chi connectivity index (χ2n) is 5.36. The molecule has 0 aliphatic carbocycles. The molecule has 1 N–H and O–H groups in total. The summed E-state index contributed by atoms with van der Waals surface area (Å²) in [5.41, 5.74) is 1.51. The number of rotatable bonds is 5. The second kappa shape index (κ2) is 6.73. The van der Waals surface area contributed by atoms with Gasteiger partial charge in [0, 0.05) is 18.9 Å². The van der Waals surface area contributed by atoms with Crippen molar-refractivity contribution in [2.24, 2.45) is 0 Å². The highest BCUT2D eigenvalue weighted by Gasteiger charge is 2.23. The second-order valence-corrected chi connectivity index (χ2v) is 7.17. The molecular formula is C17H15F2N3O2S. The minimum Gasteiger partial charge on any atom is -0.316 e. The Bertz CT molecular complexity index is 1000. The van der Waals surface area contributed by atoms with Crippen LogP contribution in [-0.4, -0.2) is 24.4 Å². The zero-order valence-electron chi connectivity index (χ0n) is 13.3. The predicted molar refractivity (Wildman–Crippen MR) is 89.4 cm³/mol. The van der Waals surface area contributed by atoms with Crippen LogP contribution < -0.4 is 5.32 Å². The molecule has 3 aromatic rings. The molecule has 5 nitrogen and oxygen atoms in total. The minimum atomic E-state index is -4.11. The van der Waals surface area contributed by atoms with Gasteiger partial charge in [0.1, 0.15) is 0 Å². The van der Waals surface area contributed by atoms with Gasteiger partial charge in [-0.15, -0.1) is 0 Å². The van der Waals surface area contributed by atoms with Crippen LogP contribution in [0.2, 0.25) is 0 Å². The van der Waals surface area contributed by atoms with E-state index in [1.165, 1.54) is 6.20 Å². The molecule has 0 saturated heterocycles. The Morgan fingerprint density at radius 2 is 1.92 bits per heavy atom. The summed E-state index contributed by atoms with van der Waals surface area (Å²) in [6, 6.07) is 9.32. The maximum atomic E-state index is 13.5. The van der Waals surface area contributed by atoms with Gasteiger partial charge in [0.05, 0.1) is 16.3 Å². The van der Waals surface area contributed by atoms with E-state index in [2.05, 4.69) is 10.3 Å². The van der Waals surface area contributed by atoms with Gasteiger partial charge in [-0.05, 0) is 49.0 Å². The van der Waals surface area contributed by atoms with Crippen molar-refractivity contribution in [3.05, 3.63) is 72.1 Å². The van der Waals surface area contributed by atoms with Crippen LogP contribution in [-0.2, 0) is 16.6 Å². The zero-order chi connectivity index (χ0) is 18.0. The van der Waals surface area contributed by atoms with Crippen molar-refractivity contribution in [3.8, 4) is 11.4 Å². The lowest BCUT2D eigenvalue weighted by Crippen LogP contribution is -2.14. The number of hydrogen-bond donors (Lipinski definition) is 1. The minimum absolute atomic E-state index is 0.338. The SMILES string of the molecule is CNCc1cc(-c2ccccn2)n(S(=O)(=O)c2ccc(F)c(F)c2)c1. The van der Waals surface area contributed by atoms with Crippen molar-refractivity contribution in [2.75, 3.05) is 7.05 Å². The standard InChI is InChI=1S/C17H15F2N3O2S/c1-20-10-12-8-17(16-4-2-3-7-21-16)22(11-12)25(23,24)13-5-6-14(18)15(19)9-13/h2-9,11,20H,10H2,1H3. The third kappa shape index (κ3) is 3.31. The van der Waals surface area contributed by atoms with Gasteiger partial charge in [-0.2, -0.15) is 0 Å². The highest BCUT2D eigenvalue weighted by molar-refractivity contribution is 7.90. The Morgan fingerprint density at radius 3 is 2.56 bits per heavy atom. The quantitative estimate of drug-likeness (QED) is 0.757. The van der Waals surface area contributed by atoms with E-state index < -0.39 is 21.7 Å². The number of nitrogens with one attached hydrogen (secondary N) is 1. The third-order valence-electron chi connectivity index (χ3n) is 3.60. The Morgan fingerprint density at radius 1 is 1.12 bits per heavy atom. The fraction of sp³-hybridized carbons (Fsp3) is 0.118. The molecule has 0 radical (unpaired) electrons. The topological polar surface area (TPSA) is 64.0 Å². The highest BCUT2D eigenvalue weighted by atomic mass is 32.2. The zero-order valence-corrected chi connectivity index (χ0v) is 14.1. The maximum Gasteiger partial charge on any atom is 0.268 e. The van der Waals surface area contributed by atoms with Crippen LogP contribution >= 0.6 is 0 Å². The monoisotopic (exact) mass is 363 g/mol. The highest BCUT2D eigenvalue weighted by Crippen LogP contribution is 2.26. The molecule has 25 heavy (non-hydrogen) atoms. The van der Waals surface area contributed by atoms with Gasteiger partial charge in [0.15, 0.2) is 11.6 Å². The van der Waals surface area contributed by atoms with Gasteiger partial charge >= 0.3 is 0 Å². The molecule has 0 aliphatic rings. The first kappa shape index (κ1) is 17.2. The number of benzene rings is 1. The molecule has 0 atom stereocenters. The van der Waals surface area contributed by atoms with Crippen LogP contribution in [0.25, 0.3) is 11.4 Å². The van der Waals surface area contributed by atoms with Gasteiger partial charge in [-0.3, -0.25) is 4.98 Å². The molecule has 0 amide bonds. The van der Waals surface area contributed by atoms with Crippen LogP contribution in [0.3, 0.4) is 0 Å². The summed E-state index contributed by atoms with van der Waals surface area (Å²) in [6.07, 6.45) is 2.99. The van der Waals surface area contributed by atoms with E-state index in [0.717, 1.165) is 16.1 Å². The summed E-state index contributed by atoms with van der Waals surface area (Å²) in [7, 11) is -2.37. The average molecular weight is 363 g/mol. The number of nitrogens with zero attached hydrogens (tertiary/aromatic N) is 2. The van der Waals surface area contributed by atoms with E-state index in [1.54, 1.807) is 37.5 Å². The van der Waals surface area contributed by atoms with Crippen LogP contribution in [0, 0.1) is 11.6 Å². The Kier molecular flexibility index (Phi) is 4.65. The molecule has 0 spiro atoms. The van der Waals surface area contributed by atoms with Crippen molar-refractivity contribution in [3.63, 3.8) is 0 Å². The molecule has 2 heterocycles. The number of pyridine rings is 1. The summed E-state index contributed by atoms with van der Waals surface area (Å²) in [4.78, 5) is 3.84. The van der Waals surface area contributed by atoms with Gasteiger partial charge in [0.2, 0.25) is 0 Å². The van der Waals surface area contributed by atoms with Gasteiger partial charge in [-0.1, -0.05) is 6.07 Å². The van der Waals surface area contributed by atoms with E-state index in [4.69, 9.17) is 0 Å². The molecule has 3 rings (SSSR count). The summed E-state index contributed by atoms with van der Waals surface area (Å²) in [5.74, 6) is -2.32. The molecule has 1 aromatic carbocycles. The fourth-order valence-electron chi connectivity index (χ4n) is 2.45. The molecule has 0 unspecified atom stereocenters. The average Bonchev–Trinajstić information content (AvgIpc) is 3.03. The summed E-state index contributed by atoms with van der Waals surface area (Å²) in [5, 5.41) is 2.95. The lowest BCUT2D eigenvalue weighted by molar-refractivity contribution is 0.504. The first-order valence-electron chi connectivity index (χ1n) is 7.41. The van der Waals surface area contributed by atoms with Gasteiger partial charge < -0.3 is 5.32 Å². The number of halogens is 2. The lowest BCUT2D eigenvalue weighted by Gasteiger charge is -2.10. The number of aromatic nitrogens is 2. The van der Waals surface area contributed by atoms with E-state index in [9.17, 15) is 17.2 Å². The third-order valence-corrected chi connectivity index (χ3v) is 5.27. The first-order chi connectivity index (χ1) is 11.9. The predicted octanol–water partition coefficient (Wildman–Crippen LogP) is 2.78. The van der Waals surface area contributed by atoms with Crippen molar-refractivity contribution in [2.45, 2.75) is 11.4 Å². The van der Waals surface area contributed by atoms with E-state index >= 15 is 0 Å². The first-order valence-corrected chi connectivity index (χ1v) is 8.85. The van der Waals surface area contributed by atoms with E-state index in [1.807, 2.05) is 0 Å². The molecule has 130 valence electrons. The van der Waals surface area contributed by atoms with Gasteiger partial charge in [0.25, 0.3) is 10.0 Å². The number of hydrogen-bond acceptors (Lipinski definition) is 4. The fourth-order valence-corrected chi connectivity index (χ4v) is 3.85. The Balaban J connectivity index is 2.19. The van der Waals surface area contributed by atoms with Crippen molar-refractivity contribution < 1.29 is 17.2 Å². The summed E-state index contributed by atoms with van der Waals surface area (Å²) < 4.78 is 53.6. The van der Waals surface area contributed by atoms with Crippen molar-refractivity contribution in [1.82, 2.24) is 14.3 Å². The smallest absolute Gasteiger partial charge is 0.268 e. The Labute approximate surface area is 144 Å². The maximum absolute atomic E-state index is 13.5. The molecular weight excluding hydrogens is 348 g/mol. The van der Waals surface area contributed by atoms with E-state index in [0.29, 0.717) is 29.6 Å². The molecule has 2 aromatic heterocycles. The summed E-state index contributed by atoms with van der Waals surface area (Å²) >= 11 is 0. The summed E-state index contributed by atoms with van der Waals surface area (Å²) in [6.45, 7) is 0.445. The molecule has 0 fully saturated rings. The molecule has 8 heteroatoms. The Hall–Kier alpha value is -2.58. The molecule has 0 bridgehead atoms. The van der Waals surface area contributed by atoms with Crippen LogP contribution in [0.1, 0.15) is 5.56 Å². The largest absolute Gasteiger partial charge is 0.316 e. The van der Waals surface area contributed by atoms with Crippen LogP contribution in [0.4, 0.5) is 8.78 Å². The van der Waals surface area contributed by atoms with Crippen molar-refractivity contribution in [1.29, 1.82) is 0 Å². The van der Waals surface area contributed by atoms with Gasteiger partial charge in [-0.25, -0.2) is 21.2 Å². The van der Waals surface area contributed by atoms with Crippen LogP contribution in [0.5, 0.6) is 0 Å². The normalized spacial score (nSPS) is 11.6. The van der Waals surface area contributed by atoms with Crippen LogP contribution in [0.15, 0.2) is 59.8 Å².